The Morgan fingerprint density at radius 3 is 2.88 bits per heavy atom. The van der Waals surface area contributed by atoms with Crippen molar-refractivity contribution >= 4 is 21.6 Å². The fourth-order valence-corrected chi connectivity index (χ4v) is 2.90. The molecule has 0 fully saturated rings. The molecule has 3 rings (SSSR count). The van der Waals surface area contributed by atoms with E-state index in [1.807, 2.05) is 6.33 Å². The summed E-state index contributed by atoms with van der Waals surface area (Å²) in [6.07, 6.45) is 9.91. The van der Waals surface area contributed by atoms with Crippen LogP contribution in [-0.4, -0.2) is 14.5 Å². The summed E-state index contributed by atoms with van der Waals surface area (Å²) in [6, 6.07) is 0. The van der Waals surface area contributed by atoms with Crippen LogP contribution in [-0.2, 0) is 12.8 Å². The maximum absolute atomic E-state index is 6.00. The topological polar surface area (TPSA) is 56.7 Å². The third kappa shape index (κ3) is 1.74. The highest BCUT2D eigenvalue weighted by Gasteiger charge is 2.18. The van der Waals surface area contributed by atoms with E-state index in [9.17, 15) is 0 Å². The van der Waals surface area contributed by atoms with Gasteiger partial charge in [0.25, 0.3) is 0 Å². The molecule has 2 heterocycles. The third-order valence-electron chi connectivity index (χ3n) is 3.17. The first-order chi connectivity index (χ1) is 8.27. The van der Waals surface area contributed by atoms with Gasteiger partial charge < -0.3 is 5.73 Å². The molecule has 0 spiro atoms. The van der Waals surface area contributed by atoms with Gasteiger partial charge in [-0.1, -0.05) is 0 Å². The Kier molecular flexibility index (Phi) is 2.63. The van der Waals surface area contributed by atoms with E-state index in [-0.39, 0.29) is 0 Å². The minimum atomic E-state index is 0.671. The Labute approximate surface area is 108 Å². The summed E-state index contributed by atoms with van der Waals surface area (Å²) in [5.74, 6) is 0. The first-order valence-corrected chi connectivity index (χ1v) is 6.51. The minimum absolute atomic E-state index is 0.671. The normalized spacial score (nSPS) is 14.6. The highest BCUT2D eigenvalue weighted by atomic mass is 79.9. The molecule has 0 aliphatic heterocycles. The summed E-state index contributed by atoms with van der Waals surface area (Å²) < 4.78 is 3.00. The van der Waals surface area contributed by atoms with Gasteiger partial charge in [0.15, 0.2) is 0 Å². The number of hydrogen-bond acceptors (Lipinski definition) is 3. The van der Waals surface area contributed by atoms with Crippen molar-refractivity contribution in [1.82, 2.24) is 14.5 Å². The first-order valence-electron chi connectivity index (χ1n) is 5.72. The lowest BCUT2D eigenvalue weighted by Crippen LogP contribution is -2.09. The molecule has 0 saturated carbocycles. The summed E-state index contributed by atoms with van der Waals surface area (Å²) in [4.78, 5) is 8.54. The molecule has 0 amide bonds. The monoisotopic (exact) mass is 292 g/mol. The Hall–Kier alpha value is -1.36. The van der Waals surface area contributed by atoms with Gasteiger partial charge in [0.1, 0.15) is 0 Å². The zero-order valence-electron chi connectivity index (χ0n) is 9.36. The Morgan fingerprint density at radius 1 is 1.24 bits per heavy atom. The molecular weight excluding hydrogens is 280 g/mol. The maximum Gasteiger partial charge on any atom is 0.0998 e. The van der Waals surface area contributed by atoms with E-state index in [1.165, 1.54) is 24.2 Å². The number of nitrogen functional groups attached to an aromatic ring is 1. The number of nitrogens with two attached hydrogens (primary N) is 1. The number of fused-ring (bicyclic) bond motifs is 1. The van der Waals surface area contributed by atoms with Crippen LogP contribution in [0.5, 0.6) is 0 Å². The number of imidazole rings is 1. The molecular formula is C12H13BrN4. The van der Waals surface area contributed by atoms with Gasteiger partial charge in [0.05, 0.1) is 34.1 Å². The fraction of sp³-hybridized carbons (Fsp3) is 0.333. The van der Waals surface area contributed by atoms with Gasteiger partial charge in [-0.25, -0.2) is 4.98 Å². The largest absolute Gasteiger partial charge is 0.396 e. The van der Waals surface area contributed by atoms with Gasteiger partial charge in [-0.15, -0.1) is 0 Å². The standard InChI is InChI=1S/C12H13BrN4/c13-8-5-15-6-9(14)12(8)17-7-16-10-3-1-2-4-11(10)17/h5-7H,1-4,14H2. The van der Waals surface area contributed by atoms with Gasteiger partial charge in [0, 0.05) is 11.9 Å². The molecule has 0 atom stereocenters. The molecule has 1 aliphatic rings. The van der Waals surface area contributed by atoms with Crippen molar-refractivity contribution in [1.29, 1.82) is 0 Å². The highest BCUT2D eigenvalue weighted by molar-refractivity contribution is 9.10. The van der Waals surface area contributed by atoms with E-state index in [0.29, 0.717) is 5.69 Å². The third-order valence-corrected chi connectivity index (χ3v) is 3.75. The molecule has 0 aromatic carbocycles. The lowest BCUT2D eigenvalue weighted by molar-refractivity contribution is 0.656. The number of pyridine rings is 1. The average Bonchev–Trinajstić information content (AvgIpc) is 2.73. The summed E-state index contributed by atoms with van der Waals surface area (Å²) in [6.45, 7) is 0. The van der Waals surface area contributed by atoms with Crippen LogP contribution in [0.2, 0.25) is 0 Å². The van der Waals surface area contributed by atoms with Crippen molar-refractivity contribution in [3.05, 3.63) is 34.6 Å². The van der Waals surface area contributed by atoms with Crippen LogP contribution in [0.4, 0.5) is 5.69 Å². The summed E-state index contributed by atoms with van der Waals surface area (Å²) >= 11 is 3.51. The van der Waals surface area contributed by atoms with Crippen LogP contribution < -0.4 is 5.73 Å². The molecule has 2 aromatic heterocycles. The number of halogens is 1. The lowest BCUT2D eigenvalue weighted by Gasteiger charge is -2.16. The van der Waals surface area contributed by atoms with Crippen LogP contribution in [0.1, 0.15) is 24.2 Å². The lowest BCUT2D eigenvalue weighted by atomic mass is 10.0. The molecule has 0 radical (unpaired) electrons. The number of rotatable bonds is 1. The number of anilines is 1. The van der Waals surface area contributed by atoms with E-state index in [2.05, 4.69) is 30.5 Å². The molecule has 2 aromatic rings. The second-order valence-electron chi connectivity index (χ2n) is 4.27. The van der Waals surface area contributed by atoms with Gasteiger partial charge >= 0.3 is 0 Å². The van der Waals surface area contributed by atoms with Crippen LogP contribution in [0.3, 0.4) is 0 Å². The fourth-order valence-electron chi connectivity index (χ4n) is 2.36. The van der Waals surface area contributed by atoms with E-state index < -0.39 is 0 Å². The minimum Gasteiger partial charge on any atom is -0.396 e. The average molecular weight is 293 g/mol. The summed E-state index contributed by atoms with van der Waals surface area (Å²) in [5, 5.41) is 0. The summed E-state index contributed by atoms with van der Waals surface area (Å²) in [7, 11) is 0. The number of nitrogens with zero attached hydrogens (tertiary/aromatic N) is 3. The van der Waals surface area contributed by atoms with Crippen molar-refractivity contribution < 1.29 is 0 Å². The van der Waals surface area contributed by atoms with Crippen LogP contribution >= 0.6 is 15.9 Å². The van der Waals surface area contributed by atoms with Gasteiger partial charge in [-0.3, -0.25) is 9.55 Å². The van der Waals surface area contributed by atoms with Crippen LogP contribution in [0, 0.1) is 0 Å². The van der Waals surface area contributed by atoms with Crippen LogP contribution in [0.25, 0.3) is 5.69 Å². The molecule has 0 unspecified atom stereocenters. The van der Waals surface area contributed by atoms with Crippen molar-refractivity contribution in [3.8, 4) is 5.69 Å². The Balaban J connectivity index is 2.19. The number of aryl methyl sites for hydroxylation is 1. The molecule has 0 saturated heterocycles. The molecule has 2 N–H and O–H groups in total. The zero-order chi connectivity index (χ0) is 11.8. The smallest absolute Gasteiger partial charge is 0.0998 e. The molecule has 5 heteroatoms. The van der Waals surface area contributed by atoms with E-state index in [4.69, 9.17) is 5.73 Å². The predicted octanol–water partition coefficient (Wildman–Crippen LogP) is 2.49. The van der Waals surface area contributed by atoms with Crippen molar-refractivity contribution in [2.45, 2.75) is 25.7 Å². The highest BCUT2D eigenvalue weighted by Crippen LogP contribution is 2.30. The van der Waals surface area contributed by atoms with Gasteiger partial charge in [-0.05, 0) is 41.6 Å². The van der Waals surface area contributed by atoms with E-state index >= 15 is 0 Å². The second-order valence-corrected chi connectivity index (χ2v) is 5.13. The van der Waals surface area contributed by atoms with Gasteiger partial charge in [0.2, 0.25) is 0 Å². The second kappa shape index (κ2) is 4.14. The van der Waals surface area contributed by atoms with Crippen molar-refractivity contribution in [3.63, 3.8) is 0 Å². The maximum atomic E-state index is 6.00. The van der Waals surface area contributed by atoms with Crippen LogP contribution in [0.15, 0.2) is 23.2 Å². The molecule has 4 nitrogen and oxygen atoms in total. The first kappa shape index (κ1) is 10.8. The van der Waals surface area contributed by atoms with Gasteiger partial charge in [-0.2, -0.15) is 0 Å². The predicted molar refractivity (Wildman–Crippen MR) is 70.1 cm³/mol. The quantitative estimate of drug-likeness (QED) is 0.879. The number of hydrogen-bond donors (Lipinski definition) is 1. The molecule has 88 valence electrons. The molecule has 0 bridgehead atoms. The molecule has 17 heavy (non-hydrogen) atoms. The molecule has 1 aliphatic carbocycles. The zero-order valence-corrected chi connectivity index (χ0v) is 10.9. The van der Waals surface area contributed by atoms with Crippen molar-refractivity contribution in [2.75, 3.05) is 5.73 Å². The van der Waals surface area contributed by atoms with E-state index in [1.54, 1.807) is 12.4 Å². The SMILES string of the molecule is Nc1cncc(Br)c1-n1cnc2c1CCCC2. The number of aromatic nitrogens is 3. The summed E-state index contributed by atoms with van der Waals surface area (Å²) in [5.41, 5.74) is 10.1. The van der Waals surface area contributed by atoms with Crippen molar-refractivity contribution in [2.24, 2.45) is 0 Å². The van der Waals surface area contributed by atoms with E-state index in [0.717, 1.165) is 23.0 Å². The Morgan fingerprint density at radius 2 is 2.06 bits per heavy atom. The Bertz CT molecular complexity index is 541.